The SMILES string of the molecule is CC(=O)NC(C(=O)NCc1ccccc1Cl)C(C)C. The van der Waals surface area contributed by atoms with Gasteiger partial charge in [0.15, 0.2) is 0 Å². The topological polar surface area (TPSA) is 58.2 Å². The Balaban J connectivity index is 2.63. The van der Waals surface area contributed by atoms with E-state index in [0.29, 0.717) is 11.6 Å². The van der Waals surface area contributed by atoms with Gasteiger partial charge in [0.05, 0.1) is 0 Å². The van der Waals surface area contributed by atoms with Crippen molar-refractivity contribution in [2.45, 2.75) is 33.4 Å². The first-order valence-corrected chi connectivity index (χ1v) is 6.58. The third-order valence-corrected chi connectivity index (χ3v) is 3.09. The molecule has 5 heteroatoms. The Kier molecular flexibility index (Phi) is 5.83. The third kappa shape index (κ3) is 4.91. The minimum Gasteiger partial charge on any atom is -0.350 e. The Hall–Kier alpha value is -1.55. The fourth-order valence-corrected chi connectivity index (χ4v) is 1.89. The molecule has 1 aromatic rings. The van der Waals surface area contributed by atoms with Gasteiger partial charge < -0.3 is 10.6 Å². The molecule has 0 radical (unpaired) electrons. The van der Waals surface area contributed by atoms with E-state index in [2.05, 4.69) is 10.6 Å². The Labute approximate surface area is 118 Å². The summed E-state index contributed by atoms with van der Waals surface area (Å²) >= 11 is 6.01. The first-order valence-electron chi connectivity index (χ1n) is 6.20. The predicted molar refractivity (Wildman–Crippen MR) is 75.7 cm³/mol. The van der Waals surface area contributed by atoms with Gasteiger partial charge in [-0.3, -0.25) is 9.59 Å². The van der Waals surface area contributed by atoms with Crippen LogP contribution in [0.4, 0.5) is 0 Å². The summed E-state index contributed by atoms with van der Waals surface area (Å²) in [7, 11) is 0. The van der Waals surface area contributed by atoms with Crippen molar-refractivity contribution in [1.82, 2.24) is 10.6 Å². The van der Waals surface area contributed by atoms with Crippen molar-refractivity contribution in [3.63, 3.8) is 0 Å². The molecule has 1 rings (SSSR count). The Morgan fingerprint density at radius 1 is 1.26 bits per heavy atom. The van der Waals surface area contributed by atoms with E-state index in [4.69, 9.17) is 11.6 Å². The molecule has 0 spiro atoms. The lowest BCUT2D eigenvalue weighted by atomic mass is 10.0. The summed E-state index contributed by atoms with van der Waals surface area (Å²) in [5.74, 6) is -0.396. The Morgan fingerprint density at radius 3 is 2.42 bits per heavy atom. The van der Waals surface area contributed by atoms with Crippen molar-refractivity contribution in [2.75, 3.05) is 0 Å². The van der Waals surface area contributed by atoms with Gasteiger partial charge in [0.2, 0.25) is 11.8 Å². The van der Waals surface area contributed by atoms with Gasteiger partial charge in [-0.05, 0) is 17.5 Å². The van der Waals surface area contributed by atoms with Crippen molar-refractivity contribution in [3.05, 3.63) is 34.9 Å². The molecule has 0 aliphatic rings. The number of hydrogen-bond donors (Lipinski definition) is 2. The molecular formula is C14H19ClN2O2. The van der Waals surface area contributed by atoms with Crippen LogP contribution in [0.25, 0.3) is 0 Å². The molecule has 0 bridgehead atoms. The molecule has 0 aliphatic heterocycles. The van der Waals surface area contributed by atoms with Crippen LogP contribution in [0.3, 0.4) is 0 Å². The number of nitrogens with one attached hydrogen (secondary N) is 2. The molecule has 1 aromatic carbocycles. The van der Waals surface area contributed by atoms with Gasteiger partial charge in [0, 0.05) is 18.5 Å². The third-order valence-electron chi connectivity index (χ3n) is 2.72. The van der Waals surface area contributed by atoms with Crippen molar-refractivity contribution < 1.29 is 9.59 Å². The lowest BCUT2D eigenvalue weighted by Crippen LogP contribution is -2.48. The summed E-state index contributed by atoms with van der Waals surface area (Å²) < 4.78 is 0. The second kappa shape index (κ2) is 7.14. The first-order chi connectivity index (χ1) is 8.91. The van der Waals surface area contributed by atoms with Gasteiger partial charge in [-0.25, -0.2) is 0 Å². The van der Waals surface area contributed by atoms with Crippen LogP contribution in [0.1, 0.15) is 26.3 Å². The number of hydrogen-bond acceptors (Lipinski definition) is 2. The molecule has 4 nitrogen and oxygen atoms in total. The van der Waals surface area contributed by atoms with Gasteiger partial charge in [-0.1, -0.05) is 43.6 Å². The summed E-state index contributed by atoms with van der Waals surface area (Å²) in [5, 5.41) is 6.05. The molecule has 1 unspecified atom stereocenters. The number of benzene rings is 1. The minimum absolute atomic E-state index is 0.0233. The number of rotatable bonds is 5. The summed E-state index contributed by atoms with van der Waals surface area (Å²) in [6, 6.07) is 6.80. The van der Waals surface area contributed by atoms with Gasteiger partial charge in [0.1, 0.15) is 6.04 Å². The molecule has 0 saturated heterocycles. The van der Waals surface area contributed by atoms with E-state index in [1.54, 1.807) is 6.07 Å². The van der Waals surface area contributed by atoms with Crippen LogP contribution in [-0.2, 0) is 16.1 Å². The summed E-state index contributed by atoms with van der Waals surface area (Å²) in [6.45, 7) is 5.52. The van der Waals surface area contributed by atoms with E-state index in [9.17, 15) is 9.59 Å². The smallest absolute Gasteiger partial charge is 0.243 e. The standard InChI is InChI=1S/C14H19ClN2O2/c1-9(2)13(17-10(3)18)14(19)16-8-11-6-4-5-7-12(11)15/h4-7,9,13H,8H2,1-3H3,(H,16,19)(H,17,18). The van der Waals surface area contributed by atoms with Crippen LogP contribution in [0.15, 0.2) is 24.3 Å². The van der Waals surface area contributed by atoms with Crippen molar-refractivity contribution in [3.8, 4) is 0 Å². The fourth-order valence-electron chi connectivity index (χ4n) is 1.69. The largest absolute Gasteiger partial charge is 0.350 e. The van der Waals surface area contributed by atoms with Crippen LogP contribution in [-0.4, -0.2) is 17.9 Å². The van der Waals surface area contributed by atoms with E-state index in [-0.39, 0.29) is 17.7 Å². The number of carbonyl (C=O) groups excluding carboxylic acids is 2. The van der Waals surface area contributed by atoms with Crippen molar-refractivity contribution in [2.24, 2.45) is 5.92 Å². The molecule has 2 N–H and O–H groups in total. The van der Waals surface area contributed by atoms with Gasteiger partial charge in [-0.2, -0.15) is 0 Å². The second-order valence-corrected chi connectivity index (χ2v) is 5.14. The molecule has 0 heterocycles. The molecule has 0 saturated carbocycles. The van der Waals surface area contributed by atoms with E-state index in [1.807, 2.05) is 32.0 Å². The van der Waals surface area contributed by atoms with Gasteiger partial charge in [-0.15, -0.1) is 0 Å². The van der Waals surface area contributed by atoms with Crippen molar-refractivity contribution in [1.29, 1.82) is 0 Å². The molecular weight excluding hydrogens is 264 g/mol. The molecule has 0 aliphatic carbocycles. The maximum Gasteiger partial charge on any atom is 0.243 e. The zero-order valence-corrected chi connectivity index (χ0v) is 12.1. The zero-order valence-electron chi connectivity index (χ0n) is 11.4. The van der Waals surface area contributed by atoms with Crippen LogP contribution in [0, 0.1) is 5.92 Å². The lowest BCUT2D eigenvalue weighted by molar-refractivity contribution is -0.129. The molecule has 19 heavy (non-hydrogen) atoms. The quantitative estimate of drug-likeness (QED) is 0.869. The molecule has 2 amide bonds. The van der Waals surface area contributed by atoms with E-state index in [1.165, 1.54) is 6.92 Å². The van der Waals surface area contributed by atoms with Gasteiger partial charge >= 0.3 is 0 Å². The maximum atomic E-state index is 12.0. The molecule has 1 atom stereocenters. The Morgan fingerprint density at radius 2 is 1.89 bits per heavy atom. The summed E-state index contributed by atoms with van der Waals surface area (Å²) in [4.78, 5) is 23.1. The molecule has 0 aromatic heterocycles. The maximum absolute atomic E-state index is 12.0. The summed E-state index contributed by atoms with van der Waals surface area (Å²) in [6.07, 6.45) is 0. The number of amides is 2. The average Bonchev–Trinajstić information content (AvgIpc) is 2.34. The second-order valence-electron chi connectivity index (χ2n) is 4.73. The number of halogens is 1. The van der Waals surface area contributed by atoms with Crippen LogP contribution in [0.5, 0.6) is 0 Å². The highest BCUT2D eigenvalue weighted by molar-refractivity contribution is 6.31. The lowest BCUT2D eigenvalue weighted by Gasteiger charge is -2.21. The normalized spacial score (nSPS) is 12.1. The van der Waals surface area contributed by atoms with Crippen LogP contribution >= 0.6 is 11.6 Å². The predicted octanol–water partition coefficient (Wildman–Crippen LogP) is 2.12. The average molecular weight is 283 g/mol. The van der Waals surface area contributed by atoms with Crippen molar-refractivity contribution >= 4 is 23.4 Å². The monoisotopic (exact) mass is 282 g/mol. The van der Waals surface area contributed by atoms with Crippen LogP contribution < -0.4 is 10.6 Å². The van der Waals surface area contributed by atoms with Crippen LogP contribution in [0.2, 0.25) is 5.02 Å². The van der Waals surface area contributed by atoms with Gasteiger partial charge in [0.25, 0.3) is 0 Å². The zero-order chi connectivity index (χ0) is 14.4. The minimum atomic E-state index is -0.528. The molecule has 0 fully saturated rings. The highest BCUT2D eigenvalue weighted by Crippen LogP contribution is 2.14. The first kappa shape index (κ1) is 15.5. The fraction of sp³-hybridized carbons (Fsp3) is 0.429. The highest BCUT2D eigenvalue weighted by atomic mass is 35.5. The van der Waals surface area contributed by atoms with E-state index < -0.39 is 6.04 Å². The molecule has 104 valence electrons. The highest BCUT2D eigenvalue weighted by Gasteiger charge is 2.22. The Bertz CT molecular complexity index is 461. The number of carbonyl (C=O) groups is 2. The van der Waals surface area contributed by atoms with E-state index >= 15 is 0 Å². The summed E-state index contributed by atoms with van der Waals surface area (Å²) in [5.41, 5.74) is 0.850. The van der Waals surface area contributed by atoms with E-state index in [0.717, 1.165) is 5.56 Å².